The number of piperidine rings is 1. The van der Waals surface area contributed by atoms with Gasteiger partial charge in [0.1, 0.15) is 24.3 Å². The van der Waals surface area contributed by atoms with Gasteiger partial charge in [-0.2, -0.15) is 5.10 Å². The van der Waals surface area contributed by atoms with Gasteiger partial charge in [0, 0.05) is 48.9 Å². The summed E-state index contributed by atoms with van der Waals surface area (Å²) >= 11 is 0. The molecule has 0 unspecified atom stereocenters. The van der Waals surface area contributed by atoms with Gasteiger partial charge in [0.25, 0.3) is 0 Å². The van der Waals surface area contributed by atoms with Crippen LogP contribution >= 0.6 is 0 Å². The van der Waals surface area contributed by atoms with E-state index in [0.717, 1.165) is 34.4 Å². The maximum atomic E-state index is 14.7. The predicted molar refractivity (Wildman–Crippen MR) is 125 cm³/mol. The Kier molecular flexibility index (Phi) is 5.68. The number of rotatable bonds is 5. The average Bonchev–Trinajstić information content (AvgIpc) is 3.22. The van der Waals surface area contributed by atoms with Crippen LogP contribution in [0.1, 0.15) is 6.42 Å². The molecule has 33 heavy (non-hydrogen) atoms. The van der Waals surface area contributed by atoms with Crippen molar-refractivity contribution in [3.05, 3.63) is 55.0 Å². The van der Waals surface area contributed by atoms with Crippen LogP contribution in [-0.2, 0) is 7.05 Å². The fraction of sp³-hybridized carbons (Fsp3) is 0.320. The van der Waals surface area contributed by atoms with Gasteiger partial charge in [0.05, 0.1) is 18.3 Å². The quantitative estimate of drug-likeness (QED) is 0.458. The summed E-state index contributed by atoms with van der Waals surface area (Å²) in [4.78, 5) is 11.0. The molecule has 2 atom stereocenters. The zero-order valence-electron chi connectivity index (χ0n) is 18.9. The van der Waals surface area contributed by atoms with E-state index < -0.39 is 12.3 Å². The minimum Gasteiger partial charge on any atom is -0.493 e. The van der Waals surface area contributed by atoms with Crippen molar-refractivity contribution in [3.63, 3.8) is 0 Å². The summed E-state index contributed by atoms with van der Waals surface area (Å²) in [6.07, 6.45) is 2.49. The number of aromatic nitrogens is 4. The maximum absolute atomic E-state index is 14.7. The first-order chi connectivity index (χ1) is 16.0. The van der Waals surface area contributed by atoms with Gasteiger partial charge in [0.2, 0.25) is 0 Å². The van der Waals surface area contributed by atoms with Crippen molar-refractivity contribution in [1.29, 1.82) is 0 Å². The van der Waals surface area contributed by atoms with Crippen molar-refractivity contribution in [2.24, 2.45) is 7.05 Å². The van der Waals surface area contributed by atoms with Gasteiger partial charge in [-0.1, -0.05) is 30.3 Å². The monoisotopic (exact) mass is 447 g/mol. The maximum Gasteiger partial charge on any atom is 0.162 e. The summed E-state index contributed by atoms with van der Waals surface area (Å²) < 4.78 is 28.2. The number of ether oxygens (including phenoxy) is 2. The molecule has 2 aromatic heterocycles. The number of fused-ring (bicyclic) bond motifs is 1. The number of alkyl halides is 1. The van der Waals surface area contributed by atoms with Crippen LogP contribution in [0.15, 0.2) is 55.0 Å². The summed E-state index contributed by atoms with van der Waals surface area (Å²) in [5, 5.41) is 5.47. The SMILES string of the molecule is COc1cc2ncnc(-c3cn(C)nc3-c3ccccc3)c2cc1O[C@@H]1CCN(C)C[C@H]1F. The molecule has 4 aromatic rings. The summed E-state index contributed by atoms with van der Waals surface area (Å²) in [6, 6.07) is 13.7. The van der Waals surface area contributed by atoms with E-state index in [2.05, 4.69) is 15.1 Å². The Bertz CT molecular complexity index is 1280. The molecule has 2 aromatic carbocycles. The van der Waals surface area contributed by atoms with Gasteiger partial charge < -0.3 is 14.4 Å². The molecule has 1 aliphatic heterocycles. The number of hydrogen-bond acceptors (Lipinski definition) is 6. The first kappa shape index (κ1) is 21.3. The van der Waals surface area contributed by atoms with Gasteiger partial charge in [-0.15, -0.1) is 0 Å². The lowest BCUT2D eigenvalue weighted by molar-refractivity contribution is 0.0299. The first-order valence-corrected chi connectivity index (χ1v) is 10.9. The van der Waals surface area contributed by atoms with Crippen molar-refractivity contribution >= 4 is 10.9 Å². The Labute approximate surface area is 191 Å². The summed E-state index contributed by atoms with van der Waals surface area (Å²) in [5.41, 5.74) is 4.16. The smallest absolute Gasteiger partial charge is 0.162 e. The molecule has 1 fully saturated rings. The lowest BCUT2D eigenvalue weighted by Crippen LogP contribution is -2.45. The highest BCUT2D eigenvalue weighted by Gasteiger charge is 2.30. The van der Waals surface area contributed by atoms with E-state index in [1.54, 1.807) is 11.8 Å². The minimum absolute atomic E-state index is 0.352. The van der Waals surface area contributed by atoms with Crippen LogP contribution in [0.2, 0.25) is 0 Å². The molecule has 3 heterocycles. The molecule has 5 rings (SSSR count). The second-order valence-electron chi connectivity index (χ2n) is 8.40. The number of methoxy groups -OCH3 is 1. The Morgan fingerprint density at radius 1 is 1.03 bits per heavy atom. The van der Waals surface area contributed by atoms with Gasteiger partial charge in [-0.05, 0) is 19.5 Å². The second kappa shape index (κ2) is 8.78. The van der Waals surface area contributed by atoms with Crippen LogP contribution in [0.4, 0.5) is 4.39 Å². The van der Waals surface area contributed by atoms with Crippen LogP contribution < -0.4 is 9.47 Å². The lowest BCUT2D eigenvalue weighted by atomic mass is 10.0. The number of likely N-dealkylation sites (tertiary alicyclic amines) is 1. The highest BCUT2D eigenvalue weighted by molar-refractivity contribution is 5.97. The highest BCUT2D eigenvalue weighted by atomic mass is 19.1. The van der Waals surface area contributed by atoms with E-state index in [0.29, 0.717) is 30.0 Å². The molecular weight excluding hydrogens is 421 g/mol. The summed E-state index contributed by atoms with van der Waals surface area (Å²) in [7, 11) is 5.38. The van der Waals surface area contributed by atoms with E-state index in [4.69, 9.17) is 9.47 Å². The van der Waals surface area contributed by atoms with Crippen molar-refractivity contribution in [2.75, 3.05) is 27.2 Å². The standard InChI is InChI=1S/C25H26FN5O2/c1-30-10-9-21(19(26)14-30)33-23-11-17-20(12-22(23)32-3)27-15-28-25(17)18-13-31(2)29-24(18)16-7-5-4-6-8-16/h4-8,11-13,15,19,21H,9-10,14H2,1-3H3/t19-,21-/m1/s1. The van der Waals surface area contributed by atoms with Gasteiger partial charge in [-0.3, -0.25) is 4.68 Å². The van der Waals surface area contributed by atoms with E-state index in [1.165, 1.54) is 6.33 Å². The molecule has 170 valence electrons. The highest BCUT2D eigenvalue weighted by Crippen LogP contribution is 2.39. The van der Waals surface area contributed by atoms with Crippen LogP contribution in [0.3, 0.4) is 0 Å². The average molecular weight is 448 g/mol. The van der Waals surface area contributed by atoms with Crippen molar-refractivity contribution in [1.82, 2.24) is 24.6 Å². The van der Waals surface area contributed by atoms with E-state index in [9.17, 15) is 4.39 Å². The summed E-state index contributed by atoms with van der Waals surface area (Å²) in [5.74, 6) is 1.01. The number of aryl methyl sites for hydroxylation is 1. The van der Waals surface area contributed by atoms with E-state index in [1.807, 2.05) is 67.7 Å². The largest absolute Gasteiger partial charge is 0.493 e. The topological polar surface area (TPSA) is 65.3 Å². The minimum atomic E-state index is -1.07. The number of benzene rings is 2. The van der Waals surface area contributed by atoms with Crippen molar-refractivity contribution in [3.8, 4) is 34.0 Å². The van der Waals surface area contributed by atoms with Crippen LogP contribution in [0.5, 0.6) is 11.5 Å². The van der Waals surface area contributed by atoms with Gasteiger partial charge >= 0.3 is 0 Å². The van der Waals surface area contributed by atoms with Crippen molar-refractivity contribution < 1.29 is 13.9 Å². The van der Waals surface area contributed by atoms with E-state index in [-0.39, 0.29) is 0 Å². The molecule has 0 radical (unpaired) electrons. The third-order valence-electron chi connectivity index (χ3n) is 6.02. The molecule has 0 bridgehead atoms. The Balaban J connectivity index is 1.61. The molecule has 1 saturated heterocycles. The van der Waals surface area contributed by atoms with Crippen molar-refractivity contribution in [2.45, 2.75) is 18.7 Å². The normalized spacial score (nSPS) is 19.0. The zero-order valence-corrected chi connectivity index (χ0v) is 18.9. The summed E-state index contributed by atoms with van der Waals surface area (Å²) in [6.45, 7) is 1.14. The van der Waals surface area contributed by atoms with Gasteiger partial charge in [0.15, 0.2) is 11.5 Å². The van der Waals surface area contributed by atoms with Crippen LogP contribution in [0, 0.1) is 0 Å². The molecule has 7 nitrogen and oxygen atoms in total. The van der Waals surface area contributed by atoms with Gasteiger partial charge in [-0.25, -0.2) is 14.4 Å². The lowest BCUT2D eigenvalue weighted by Gasteiger charge is -2.32. The fourth-order valence-corrected chi connectivity index (χ4v) is 4.33. The first-order valence-electron chi connectivity index (χ1n) is 10.9. The number of nitrogens with zero attached hydrogens (tertiary/aromatic N) is 5. The molecule has 0 saturated carbocycles. The zero-order chi connectivity index (χ0) is 22.9. The van der Waals surface area contributed by atoms with Crippen LogP contribution in [0.25, 0.3) is 33.4 Å². The Hall–Kier alpha value is -3.52. The van der Waals surface area contributed by atoms with Crippen LogP contribution in [-0.4, -0.2) is 64.2 Å². The third kappa shape index (κ3) is 4.14. The predicted octanol–water partition coefficient (Wildman–Crippen LogP) is 4.13. The Morgan fingerprint density at radius 2 is 1.85 bits per heavy atom. The second-order valence-corrected chi connectivity index (χ2v) is 8.40. The molecule has 0 N–H and O–H groups in total. The molecule has 0 amide bonds. The molecule has 1 aliphatic rings. The molecular formula is C25H26FN5O2. The Morgan fingerprint density at radius 3 is 2.61 bits per heavy atom. The molecule has 0 aliphatic carbocycles. The van der Waals surface area contributed by atoms with E-state index >= 15 is 0 Å². The fourth-order valence-electron chi connectivity index (χ4n) is 4.33. The number of hydrogen-bond donors (Lipinski definition) is 0. The number of halogens is 1. The molecule has 0 spiro atoms. The molecule has 8 heteroatoms. The third-order valence-corrected chi connectivity index (χ3v) is 6.02.